The molecule has 2 aliphatic rings. The second-order valence-corrected chi connectivity index (χ2v) is 12.2. The number of nitrogens with one attached hydrogen (secondary N) is 1. The predicted octanol–water partition coefficient (Wildman–Crippen LogP) is 7.46. The van der Waals surface area contributed by atoms with Gasteiger partial charge in [0, 0.05) is 28.5 Å². The summed E-state index contributed by atoms with van der Waals surface area (Å²) in [6.07, 6.45) is 4.49. The summed E-state index contributed by atoms with van der Waals surface area (Å²) in [7, 11) is 1.64. The molecule has 1 aromatic heterocycles. The fraction of sp³-hybridized carbons (Fsp3) is 0.433. The number of aromatic nitrogens is 3. The first kappa shape index (κ1) is 27.6. The van der Waals surface area contributed by atoms with E-state index in [9.17, 15) is 4.79 Å². The lowest BCUT2D eigenvalue weighted by atomic mass is 9.73. The van der Waals surface area contributed by atoms with Crippen LogP contribution in [0, 0.1) is 5.41 Å². The molecule has 0 saturated carbocycles. The standard InChI is InChI=1S/C30H35ClN4O3S/c1-5-6-9-14-38-24-13-12-19(15-25(24)37-4)27-26-22(16-30(2,3)17-23(26)36)32-28-33-29(34-35(27)28)39-18-20-10-7-8-11-21(20)31/h7-8,10-13,15,27H,5-6,9,14,16-18H2,1-4H3,(H,32,33,34). The number of unbranched alkanes of at least 4 members (excludes halogenated alkanes) is 2. The van der Waals surface area contributed by atoms with Gasteiger partial charge in [0.25, 0.3) is 0 Å². The van der Waals surface area contributed by atoms with Gasteiger partial charge in [-0.25, -0.2) is 4.68 Å². The molecule has 0 radical (unpaired) electrons. The Morgan fingerprint density at radius 1 is 1.15 bits per heavy atom. The lowest BCUT2D eigenvalue weighted by molar-refractivity contribution is -0.118. The minimum Gasteiger partial charge on any atom is -0.493 e. The number of ketones is 1. The first-order valence-corrected chi connectivity index (χ1v) is 14.8. The minimum atomic E-state index is -0.412. The molecule has 1 atom stereocenters. The molecule has 1 N–H and O–H groups in total. The summed E-state index contributed by atoms with van der Waals surface area (Å²) in [5.41, 5.74) is 3.46. The van der Waals surface area contributed by atoms with Crippen molar-refractivity contribution >= 4 is 35.1 Å². The van der Waals surface area contributed by atoms with E-state index in [1.165, 1.54) is 11.8 Å². The van der Waals surface area contributed by atoms with Crippen molar-refractivity contribution in [2.45, 2.75) is 69.8 Å². The maximum absolute atomic E-state index is 13.6. The van der Waals surface area contributed by atoms with Gasteiger partial charge in [0.05, 0.1) is 13.7 Å². The number of ether oxygens (including phenoxy) is 2. The Hall–Kier alpha value is -2.97. The lowest BCUT2D eigenvalue weighted by Gasteiger charge is -2.38. The minimum absolute atomic E-state index is 0.129. The van der Waals surface area contributed by atoms with Gasteiger partial charge in [0.1, 0.15) is 6.04 Å². The highest BCUT2D eigenvalue weighted by molar-refractivity contribution is 7.98. The van der Waals surface area contributed by atoms with E-state index in [4.69, 9.17) is 31.2 Å². The van der Waals surface area contributed by atoms with Crippen LogP contribution in [0.15, 0.2) is 58.9 Å². The van der Waals surface area contributed by atoms with Crippen LogP contribution in [0.5, 0.6) is 11.5 Å². The smallest absolute Gasteiger partial charge is 0.227 e. The van der Waals surface area contributed by atoms with E-state index in [0.717, 1.165) is 53.1 Å². The Morgan fingerprint density at radius 3 is 2.74 bits per heavy atom. The molecule has 1 aliphatic carbocycles. The van der Waals surface area contributed by atoms with Crippen LogP contribution >= 0.6 is 23.4 Å². The third-order valence-electron chi connectivity index (χ3n) is 7.14. The number of methoxy groups -OCH3 is 1. The number of carbonyl (C=O) groups excluding carboxylic acids is 1. The molecule has 3 aromatic rings. The predicted molar refractivity (Wildman–Crippen MR) is 156 cm³/mol. The van der Waals surface area contributed by atoms with Gasteiger partial charge in [-0.2, -0.15) is 4.98 Å². The lowest BCUT2D eigenvalue weighted by Crippen LogP contribution is -2.36. The van der Waals surface area contributed by atoms with E-state index in [1.807, 2.05) is 47.1 Å². The monoisotopic (exact) mass is 566 g/mol. The number of Topliss-reactive ketones (excluding diaryl/α,β-unsaturated/α-hetero) is 1. The summed E-state index contributed by atoms with van der Waals surface area (Å²) in [6.45, 7) is 7.07. The van der Waals surface area contributed by atoms with Crippen molar-refractivity contribution < 1.29 is 14.3 Å². The first-order valence-electron chi connectivity index (χ1n) is 13.5. The van der Waals surface area contributed by atoms with Gasteiger partial charge in [-0.05, 0) is 47.6 Å². The summed E-state index contributed by atoms with van der Waals surface area (Å²) >= 11 is 7.89. The number of allylic oxidation sites excluding steroid dienone is 2. The van der Waals surface area contributed by atoms with Crippen molar-refractivity contribution in [3.8, 4) is 11.5 Å². The number of fused-ring (bicyclic) bond motifs is 1. The largest absolute Gasteiger partial charge is 0.493 e. The van der Waals surface area contributed by atoms with Gasteiger partial charge in [-0.3, -0.25) is 4.79 Å². The normalized spacial score (nSPS) is 17.9. The molecule has 0 saturated heterocycles. The van der Waals surface area contributed by atoms with Crippen LogP contribution in [0.1, 0.15) is 70.0 Å². The zero-order valence-corrected chi connectivity index (χ0v) is 24.5. The van der Waals surface area contributed by atoms with Crippen molar-refractivity contribution in [2.24, 2.45) is 5.41 Å². The van der Waals surface area contributed by atoms with Gasteiger partial charge in [0.15, 0.2) is 17.3 Å². The van der Waals surface area contributed by atoms with E-state index in [-0.39, 0.29) is 11.2 Å². The van der Waals surface area contributed by atoms with Crippen LogP contribution in [0.25, 0.3) is 0 Å². The maximum Gasteiger partial charge on any atom is 0.227 e. The zero-order chi connectivity index (χ0) is 27.6. The van der Waals surface area contributed by atoms with Gasteiger partial charge >= 0.3 is 0 Å². The zero-order valence-electron chi connectivity index (χ0n) is 22.9. The van der Waals surface area contributed by atoms with Crippen LogP contribution in [0.4, 0.5) is 5.95 Å². The third-order valence-corrected chi connectivity index (χ3v) is 8.39. The molecule has 9 heteroatoms. The average Bonchev–Trinajstić information content (AvgIpc) is 3.31. The SMILES string of the molecule is CCCCCOc1ccc(C2C3=C(CC(C)(C)CC3=O)Nc3nc(SCc4ccccc4Cl)nn32)cc1OC. The molecule has 0 amide bonds. The van der Waals surface area contributed by atoms with E-state index in [1.54, 1.807) is 7.11 Å². The van der Waals surface area contributed by atoms with Crippen LogP contribution in [0.2, 0.25) is 5.02 Å². The Labute approximate surface area is 239 Å². The third kappa shape index (κ3) is 5.97. The van der Waals surface area contributed by atoms with Gasteiger partial charge in [-0.15, -0.1) is 5.10 Å². The molecule has 5 rings (SSSR count). The molecule has 39 heavy (non-hydrogen) atoms. The molecule has 0 bridgehead atoms. The Kier molecular flexibility index (Phi) is 8.24. The van der Waals surface area contributed by atoms with Crippen LogP contribution < -0.4 is 14.8 Å². The molecular weight excluding hydrogens is 532 g/mol. The van der Waals surface area contributed by atoms with Crippen molar-refractivity contribution in [1.29, 1.82) is 0 Å². The summed E-state index contributed by atoms with van der Waals surface area (Å²) in [5.74, 6) is 2.74. The van der Waals surface area contributed by atoms with Gasteiger partial charge in [-0.1, -0.05) is 81.2 Å². The quantitative estimate of drug-likeness (QED) is 0.201. The number of anilines is 1. The number of hydrogen-bond donors (Lipinski definition) is 1. The molecule has 206 valence electrons. The molecule has 0 spiro atoms. The summed E-state index contributed by atoms with van der Waals surface area (Å²) in [6, 6.07) is 13.3. The van der Waals surface area contributed by atoms with E-state index in [2.05, 4.69) is 26.1 Å². The number of halogens is 1. The Balaban J connectivity index is 1.50. The van der Waals surface area contributed by atoms with Crippen molar-refractivity contribution in [2.75, 3.05) is 19.0 Å². The number of hydrogen-bond acceptors (Lipinski definition) is 7. The van der Waals surface area contributed by atoms with E-state index >= 15 is 0 Å². The van der Waals surface area contributed by atoms with Crippen LogP contribution in [-0.4, -0.2) is 34.3 Å². The van der Waals surface area contributed by atoms with E-state index < -0.39 is 6.04 Å². The Bertz CT molecular complexity index is 1400. The second kappa shape index (κ2) is 11.6. The molecule has 0 fully saturated rings. The highest BCUT2D eigenvalue weighted by atomic mass is 35.5. The van der Waals surface area contributed by atoms with Crippen molar-refractivity contribution in [1.82, 2.24) is 14.8 Å². The second-order valence-electron chi connectivity index (χ2n) is 10.9. The fourth-order valence-corrected chi connectivity index (χ4v) is 6.34. The number of thioether (sulfide) groups is 1. The highest BCUT2D eigenvalue weighted by Gasteiger charge is 2.42. The summed E-state index contributed by atoms with van der Waals surface area (Å²) in [5, 5.41) is 9.66. The first-order chi connectivity index (χ1) is 18.8. The van der Waals surface area contributed by atoms with Crippen LogP contribution in [0.3, 0.4) is 0 Å². The maximum atomic E-state index is 13.6. The molecule has 1 aliphatic heterocycles. The molecule has 1 unspecified atom stereocenters. The number of benzene rings is 2. The number of nitrogens with zero attached hydrogens (tertiary/aromatic N) is 3. The molecule has 2 aromatic carbocycles. The topological polar surface area (TPSA) is 78.3 Å². The summed E-state index contributed by atoms with van der Waals surface area (Å²) in [4.78, 5) is 18.4. The van der Waals surface area contributed by atoms with Gasteiger partial charge in [0.2, 0.25) is 11.1 Å². The Morgan fingerprint density at radius 2 is 1.97 bits per heavy atom. The molecular formula is C30H35ClN4O3S. The number of carbonyl (C=O) groups is 1. The molecule has 7 nitrogen and oxygen atoms in total. The van der Waals surface area contributed by atoms with Gasteiger partial charge < -0.3 is 14.8 Å². The number of rotatable bonds is 10. The average molecular weight is 567 g/mol. The van der Waals surface area contributed by atoms with E-state index in [0.29, 0.717) is 41.4 Å². The summed E-state index contributed by atoms with van der Waals surface area (Å²) < 4.78 is 13.6. The highest BCUT2D eigenvalue weighted by Crippen LogP contribution is 2.46. The fourth-order valence-electron chi connectivity index (χ4n) is 5.22. The van der Waals surface area contributed by atoms with Crippen molar-refractivity contribution in [3.05, 3.63) is 69.9 Å². The molecule has 2 heterocycles. The van der Waals surface area contributed by atoms with Crippen LogP contribution in [-0.2, 0) is 10.5 Å². The van der Waals surface area contributed by atoms with Crippen molar-refractivity contribution in [3.63, 3.8) is 0 Å².